The molecule has 27 heavy (non-hydrogen) atoms. The summed E-state index contributed by atoms with van der Waals surface area (Å²) in [5.74, 6) is 1.77. The molecule has 1 aliphatic heterocycles. The zero-order chi connectivity index (χ0) is 19.8. The highest BCUT2D eigenvalue weighted by Crippen LogP contribution is 2.43. The maximum Gasteiger partial charge on any atom is 0.274 e. The van der Waals surface area contributed by atoms with E-state index in [-0.39, 0.29) is 34.3 Å². The van der Waals surface area contributed by atoms with E-state index in [1.54, 1.807) is 19.2 Å². The number of hydrogen-bond acceptors (Lipinski definition) is 5. The number of ether oxygens (including phenoxy) is 1. The normalized spacial score (nSPS) is 18.2. The van der Waals surface area contributed by atoms with E-state index in [9.17, 15) is 18.0 Å². The first kappa shape index (κ1) is 19.6. The summed E-state index contributed by atoms with van der Waals surface area (Å²) in [6.45, 7) is 4.29. The van der Waals surface area contributed by atoms with Crippen LogP contribution in [0.3, 0.4) is 0 Å². The molecule has 7 nitrogen and oxygen atoms in total. The van der Waals surface area contributed by atoms with Crippen molar-refractivity contribution < 1.29 is 17.9 Å². The zero-order valence-electron chi connectivity index (χ0n) is 14.9. The smallest absolute Gasteiger partial charge is 0.274 e. The van der Waals surface area contributed by atoms with Gasteiger partial charge in [0.2, 0.25) is 9.84 Å². The second kappa shape index (κ2) is 7.48. The van der Waals surface area contributed by atoms with Crippen molar-refractivity contribution in [3.8, 4) is 11.1 Å². The molecule has 2 aromatic rings. The van der Waals surface area contributed by atoms with Crippen LogP contribution in [-0.4, -0.2) is 36.6 Å². The van der Waals surface area contributed by atoms with Gasteiger partial charge >= 0.3 is 0 Å². The number of halogens is 1. The van der Waals surface area contributed by atoms with Gasteiger partial charge in [-0.05, 0) is 31.0 Å². The quantitative estimate of drug-likeness (QED) is 0.602. The third kappa shape index (κ3) is 3.19. The summed E-state index contributed by atoms with van der Waals surface area (Å²) in [4.78, 5) is 23.4. The molecule has 0 fully saturated rings. The van der Waals surface area contributed by atoms with Crippen LogP contribution in [0.1, 0.15) is 30.6 Å². The van der Waals surface area contributed by atoms with Crippen LogP contribution in [-0.2, 0) is 25.9 Å². The Morgan fingerprint density at radius 1 is 1.37 bits per heavy atom. The number of nitrogens with one attached hydrogen (secondary N) is 1. The number of fused-ring (bicyclic) bond motifs is 1. The van der Waals surface area contributed by atoms with Gasteiger partial charge in [-0.2, -0.15) is 0 Å². The first-order valence-electron chi connectivity index (χ1n) is 8.45. The van der Waals surface area contributed by atoms with Crippen molar-refractivity contribution in [2.45, 2.75) is 37.8 Å². The average Bonchev–Trinajstić information content (AvgIpc) is 3.01. The lowest BCUT2D eigenvalue weighted by Gasteiger charge is -2.28. The lowest BCUT2D eigenvalue weighted by Crippen LogP contribution is -2.23. The largest absolute Gasteiger partial charge is 0.372 e. The van der Waals surface area contributed by atoms with Gasteiger partial charge in [0, 0.05) is 30.6 Å². The van der Waals surface area contributed by atoms with Gasteiger partial charge in [0.05, 0.1) is 23.2 Å². The maximum atomic E-state index is 12.7. The Bertz CT molecular complexity index is 1090. The van der Waals surface area contributed by atoms with Crippen molar-refractivity contribution in [1.29, 1.82) is 0 Å². The van der Waals surface area contributed by atoms with Gasteiger partial charge in [-0.3, -0.25) is 9.48 Å². The lowest BCUT2D eigenvalue weighted by molar-refractivity contribution is 0.0618. The minimum Gasteiger partial charge on any atom is -0.372 e. The van der Waals surface area contributed by atoms with Crippen LogP contribution in [0.4, 0.5) is 0 Å². The maximum absolute atomic E-state index is 12.7. The molecule has 1 aliphatic rings. The Hall–Kier alpha value is -2.12. The van der Waals surface area contributed by atoms with Gasteiger partial charge in [0.25, 0.3) is 5.56 Å². The number of carbonyl (C=O) groups excluding carboxylic acids is 1. The molecule has 2 heterocycles. The monoisotopic (exact) mass is 410 g/mol. The van der Waals surface area contributed by atoms with Crippen molar-refractivity contribution >= 4 is 27.4 Å². The first-order chi connectivity index (χ1) is 12.9. The molecule has 144 valence electrons. The molecular weight excluding hydrogens is 392 g/mol. The standard InChI is InChI=1S/C18H19ClN2O5S/c1-3-21-18(23)14(9-20-21)13-4-5-16-17(11(13)2)15(26-7-6-19)8-12(10-22)27(16,24)25/h4-5,9,15,20H,3,6-8H2,1-2H3. The predicted molar refractivity (Wildman–Crippen MR) is 101 cm³/mol. The average molecular weight is 411 g/mol. The zero-order valence-corrected chi connectivity index (χ0v) is 16.5. The molecule has 0 spiro atoms. The Labute approximate surface area is 161 Å². The number of sulfone groups is 1. The predicted octanol–water partition coefficient (Wildman–Crippen LogP) is 2.36. The highest BCUT2D eigenvalue weighted by Gasteiger charge is 2.38. The summed E-state index contributed by atoms with van der Waals surface area (Å²) in [7, 11) is -3.93. The highest BCUT2D eigenvalue weighted by atomic mass is 35.5. The van der Waals surface area contributed by atoms with Gasteiger partial charge in [0.15, 0.2) is 0 Å². The summed E-state index contributed by atoms with van der Waals surface area (Å²) in [6.07, 6.45) is 0.848. The SMILES string of the molecule is CCn1[nH]cc(-c2ccc3c(c2C)C(OCCCl)CC(=C=O)S3(=O)=O)c1=O. The Morgan fingerprint density at radius 3 is 2.70 bits per heavy atom. The Kier molecular flexibility index (Phi) is 5.44. The van der Waals surface area contributed by atoms with Crippen LogP contribution in [0.2, 0.25) is 0 Å². The summed E-state index contributed by atoms with van der Waals surface area (Å²) in [6, 6.07) is 3.01. The Morgan fingerprint density at radius 2 is 2.11 bits per heavy atom. The number of aromatic nitrogens is 2. The molecule has 1 aromatic heterocycles. The number of rotatable bonds is 5. The van der Waals surface area contributed by atoms with E-state index < -0.39 is 15.9 Å². The molecule has 3 rings (SSSR count). The number of nitrogens with zero attached hydrogens (tertiary/aromatic N) is 1. The molecule has 0 amide bonds. The van der Waals surface area contributed by atoms with E-state index >= 15 is 0 Å². The molecule has 9 heteroatoms. The van der Waals surface area contributed by atoms with E-state index in [0.29, 0.717) is 28.8 Å². The van der Waals surface area contributed by atoms with Crippen molar-refractivity contribution in [2.24, 2.45) is 0 Å². The number of benzene rings is 1. The van der Waals surface area contributed by atoms with Crippen molar-refractivity contribution in [1.82, 2.24) is 9.78 Å². The summed E-state index contributed by atoms with van der Waals surface area (Å²) >= 11 is 5.70. The fourth-order valence-corrected chi connectivity index (χ4v) is 5.06. The molecule has 0 saturated carbocycles. The minimum atomic E-state index is -3.93. The van der Waals surface area contributed by atoms with Gasteiger partial charge < -0.3 is 9.84 Å². The van der Waals surface area contributed by atoms with E-state index in [4.69, 9.17) is 16.3 Å². The highest BCUT2D eigenvalue weighted by molar-refractivity contribution is 7.95. The van der Waals surface area contributed by atoms with Crippen LogP contribution >= 0.6 is 11.6 Å². The third-order valence-corrected chi connectivity index (χ3v) is 6.73. The molecule has 1 aromatic carbocycles. The number of hydrogen-bond donors (Lipinski definition) is 1. The van der Waals surface area contributed by atoms with Crippen molar-refractivity contribution in [2.75, 3.05) is 12.5 Å². The molecule has 1 unspecified atom stereocenters. The second-order valence-corrected chi connectivity index (χ2v) is 8.49. The van der Waals surface area contributed by atoms with Gasteiger partial charge in [-0.1, -0.05) is 6.07 Å². The molecule has 0 bridgehead atoms. The summed E-state index contributed by atoms with van der Waals surface area (Å²) in [5, 5.41) is 2.89. The van der Waals surface area contributed by atoms with Crippen molar-refractivity contribution in [3.05, 3.63) is 44.7 Å². The molecule has 0 aliphatic carbocycles. The molecule has 1 N–H and O–H groups in total. The van der Waals surface area contributed by atoms with E-state index in [1.165, 1.54) is 16.7 Å². The fourth-order valence-electron chi connectivity index (χ4n) is 3.40. The number of aryl methyl sites for hydroxylation is 1. The van der Waals surface area contributed by atoms with Crippen LogP contribution in [0.15, 0.2) is 32.9 Å². The van der Waals surface area contributed by atoms with E-state index in [1.807, 2.05) is 6.92 Å². The number of aromatic amines is 1. The van der Waals surface area contributed by atoms with Gasteiger partial charge in [0.1, 0.15) is 10.8 Å². The number of alkyl halides is 1. The van der Waals surface area contributed by atoms with Crippen LogP contribution in [0, 0.1) is 6.92 Å². The van der Waals surface area contributed by atoms with E-state index in [0.717, 1.165) is 0 Å². The lowest BCUT2D eigenvalue weighted by atomic mass is 9.93. The van der Waals surface area contributed by atoms with Crippen LogP contribution < -0.4 is 5.56 Å². The Balaban J connectivity index is 2.26. The van der Waals surface area contributed by atoms with Crippen LogP contribution in [0.5, 0.6) is 0 Å². The summed E-state index contributed by atoms with van der Waals surface area (Å²) in [5.41, 5.74) is 1.96. The third-order valence-electron chi connectivity index (χ3n) is 4.74. The molecule has 1 atom stereocenters. The fraction of sp³-hybridized carbons (Fsp3) is 0.389. The molecule has 0 radical (unpaired) electrons. The van der Waals surface area contributed by atoms with Gasteiger partial charge in [-0.15, -0.1) is 11.6 Å². The van der Waals surface area contributed by atoms with Crippen molar-refractivity contribution in [3.63, 3.8) is 0 Å². The summed E-state index contributed by atoms with van der Waals surface area (Å²) < 4.78 is 32.6. The number of H-pyrrole nitrogens is 1. The topological polar surface area (TPSA) is 98.2 Å². The first-order valence-corrected chi connectivity index (χ1v) is 10.5. The van der Waals surface area contributed by atoms with E-state index in [2.05, 4.69) is 5.10 Å². The molecular formula is C18H19ClN2O5S. The van der Waals surface area contributed by atoms with Gasteiger partial charge in [-0.25, -0.2) is 13.2 Å². The minimum absolute atomic E-state index is 0.0132. The second-order valence-electron chi connectivity index (χ2n) is 6.17. The molecule has 0 saturated heterocycles. The van der Waals surface area contributed by atoms with Crippen LogP contribution in [0.25, 0.3) is 11.1 Å².